The van der Waals surface area contributed by atoms with Crippen LogP contribution in [0.5, 0.6) is 0 Å². The molecule has 2 fully saturated rings. The molecule has 2 saturated carbocycles. The van der Waals surface area contributed by atoms with Gasteiger partial charge in [-0.25, -0.2) is 0 Å². The number of hydrogen-bond acceptors (Lipinski definition) is 4. The quantitative estimate of drug-likeness (QED) is 0.560. The van der Waals surface area contributed by atoms with Crippen LogP contribution in [0.25, 0.3) is 0 Å². The highest BCUT2D eigenvalue weighted by atomic mass is 33.1. The minimum absolute atomic E-state index is 0.258. The Balaban J connectivity index is 1.78. The van der Waals surface area contributed by atoms with E-state index in [0.717, 1.165) is 25.4 Å². The van der Waals surface area contributed by atoms with Crippen LogP contribution >= 0.6 is 21.6 Å². The molecule has 0 radical (unpaired) electrons. The fourth-order valence-electron chi connectivity index (χ4n) is 2.60. The number of carbonyl (C=O) groups excluding carboxylic acids is 2. The zero-order valence-corrected chi connectivity index (χ0v) is 11.0. The largest absolute Gasteiger partial charge is 0.303 e. The predicted molar refractivity (Wildman–Crippen MR) is 69.6 cm³/mol. The third-order valence-corrected chi connectivity index (χ3v) is 7.25. The highest BCUT2D eigenvalue weighted by molar-refractivity contribution is 8.77. The summed E-state index contributed by atoms with van der Waals surface area (Å²) in [4.78, 5) is 21.7. The summed E-state index contributed by atoms with van der Waals surface area (Å²) in [5.41, 5.74) is 0. The Morgan fingerprint density at radius 3 is 1.56 bits per heavy atom. The number of carbonyl (C=O) groups is 2. The standard InChI is InChI=1S/C12H18O2S2/c13-7-9-3-1-5-11(9)15-16-12-6-2-4-10(12)8-14/h7-12H,1-6H2. The van der Waals surface area contributed by atoms with Gasteiger partial charge in [-0.05, 0) is 25.7 Å². The van der Waals surface area contributed by atoms with Gasteiger partial charge in [0.1, 0.15) is 12.6 Å². The van der Waals surface area contributed by atoms with Crippen molar-refractivity contribution in [3.05, 3.63) is 0 Å². The van der Waals surface area contributed by atoms with Gasteiger partial charge in [-0.15, -0.1) is 0 Å². The molecule has 0 spiro atoms. The maximum absolute atomic E-state index is 10.9. The van der Waals surface area contributed by atoms with E-state index in [9.17, 15) is 9.59 Å². The van der Waals surface area contributed by atoms with Crippen LogP contribution in [0.1, 0.15) is 38.5 Å². The van der Waals surface area contributed by atoms with Crippen molar-refractivity contribution in [3.8, 4) is 0 Å². The van der Waals surface area contributed by atoms with E-state index in [0.29, 0.717) is 10.5 Å². The molecule has 4 heteroatoms. The highest BCUT2D eigenvalue weighted by Gasteiger charge is 2.32. The lowest BCUT2D eigenvalue weighted by Gasteiger charge is -2.18. The monoisotopic (exact) mass is 258 g/mol. The molecule has 4 unspecified atom stereocenters. The molecule has 90 valence electrons. The molecular weight excluding hydrogens is 240 g/mol. The minimum atomic E-state index is 0.258. The van der Waals surface area contributed by atoms with E-state index in [1.54, 1.807) is 0 Å². The molecule has 0 aliphatic heterocycles. The van der Waals surface area contributed by atoms with Gasteiger partial charge >= 0.3 is 0 Å². The molecule has 2 aliphatic rings. The molecule has 0 bridgehead atoms. The lowest BCUT2D eigenvalue weighted by atomic mass is 10.1. The van der Waals surface area contributed by atoms with Gasteiger partial charge < -0.3 is 9.59 Å². The molecule has 0 aromatic carbocycles. The fraction of sp³-hybridized carbons (Fsp3) is 0.833. The van der Waals surface area contributed by atoms with Crippen LogP contribution in [-0.2, 0) is 9.59 Å². The van der Waals surface area contributed by atoms with E-state index in [4.69, 9.17) is 0 Å². The second kappa shape index (κ2) is 6.10. The summed E-state index contributed by atoms with van der Waals surface area (Å²) in [7, 11) is 3.72. The second-order valence-electron chi connectivity index (χ2n) is 4.73. The smallest absolute Gasteiger partial charge is 0.124 e. The Morgan fingerprint density at radius 1 is 0.750 bits per heavy atom. The van der Waals surface area contributed by atoms with Crippen molar-refractivity contribution in [1.29, 1.82) is 0 Å². The average molecular weight is 258 g/mol. The number of hydrogen-bond donors (Lipinski definition) is 0. The molecule has 16 heavy (non-hydrogen) atoms. The maximum atomic E-state index is 10.9. The van der Waals surface area contributed by atoms with E-state index < -0.39 is 0 Å². The maximum Gasteiger partial charge on any atom is 0.124 e. The van der Waals surface area contributed by atoms with Crippen LogP contribution in [0.3, 0.4) is 0 Å². The summed E-state index contributed by atoms with van der Waals surface area (Å²) in [5.74, 6) is 0.516. The van der Waals surface area contributed by atoms with Crippen LogP contribution in [0, 0.1) is 11.8 Å². The van der Waals surface area contributed by atoms with Crippen molar-refractivity contribution >= 4 is 34.2 Å². The molecular formula is C12H18O2S2. The SMILES string of the molecule is O=CC1CCCC1SSC1CCCC1C=O. The molecule has 2 rings (SSSR count). The van der Waals surface area contributed by atoms with E-state index in [2.05, 4.69) is 0 Å². The Hall–Kier alpha value is 0.0400. The Kier molecular flexibility index (Phi) is 4.77. The fourth-order valence-corrected chi connectivity index (χ4v) is 6.39. The van der Waals surface area contributed by atoms with Crippen molar-refractivity contribution in [2.24, 2.45) is 11.8 Å². The van der Waals surface area contributed by atoms with E-state index in [1.165, 1.54) is 25.7 Å². The van der Waals surface area contributed by atoms with E-state index >= 15 is 0 Å². The molecule has 0 heterocycles. The first-order valence-electron chi connectivity index (χ1n) is 6.08. The molecule has 0 saturated heterocycles. The van der Waals surface area contributed by atoms with Gasteiger partial charge in [0.15, 0.2) is 0 Å². The Morgan fingerprint density at radius 2 is 1.19 bits per heavy atom. The van der Waals surface area contributed by atoms with E-state index in [1.807, 2.05) is 21.6 Å². The van der Waals surface area contributed by atoms with Crippen LogP contribution in [0.4, 0.5) is 0 Å². The van der Waals surface area contributed by atoms with Crippen molar-refractivity contribution in [2.75, 3.05) is 0 Å². The lowest BCUT2D eigenvalue weighted by Crippen LogP contribution is -2.13. The minimum Gasteiger partial charge on any atom is -0.303 e. The summed E-state index contributed by atoms with van der Waals surface area (Å²) >= 11 is 0. The molecule has 0 aromatic heterocycles. The van der Waals surface area contributed by atoms with Gasteiger partial charge in [-0.1, -0.05) is 34.4 Å². The molecule has 0 amide bonds. The van der Waals surface area contributed by atoms with Gasteiger partial charge in [-0.3, -0.25) is 0 Å². The van der Waals surface area contributed by atoms with Gasteiger partial charge in [0.2, 0.25) is 0 Å². The van der Waals surface area contributed by atoms with Crippen molar-refractivity contribution in [2.45, 2.75) is 49.0 Å². The summed E-state index contributed by atoms with van der Waals surface area (Å²) < 4.78 is 0. The normalized spacial score (nSPS) is 38.8. The number of aldehydes is 2. The van der Waals surface area contributed by atoms with Gasteiger partial charge in [0.05, 0.1) is 0 Å². The van der Waals surface area contributed by atoms with Gasteiger partial charge in [0.25, 0.3) is 0 Å². The molecule has 0 aromatic rings. The van der Waals surface area contributed by atoms with Crippen molar-refractivity contribution in [3.63, 3.8) is 0 Å². The molecule has 2 aliphatic carbocycles. The second-order valence-corrected chi connectivity index (χ2v) is 7.48. The van der Waals surface area contributed by atoms with Crippen LogP contribution in [-0.4, -0.2) is 23.1 Å². The zero-order chi connectivity index (χ0) is 11.4. The average Bonchev–Trinajstić information content (AvgIpc) is 2.94. The molecule has 0 N–H and O–H groups in total. The summed E-state index contributed by atoms with van der Waals surface area (Å²) in [6.45, 7) is 0. The third-order valence-electron chi connectivity index (χ3n) is 3.66. The van der Waals surface area contributed by atoms with Crippen LogP contribution < -0.4 is 0 Å². The zero-order valence-electron chi connectivity index (χ0n) is 9.34. The Labute approximate surface area is 105 Å². The van der Waals surface area contributed by atoms with Crippen molar-refractivity contribution < 1.29 is 9.59 Å². The topological polar surface area (TPSA) is 34.1 Å². The first kappa shape index (κ1) is 12.5. The van der Waals surface area contributed by atoms with Crippen LogP contribution in [0.15, 0.2) is 0 Å². The summed E-state index contributed by atoms with van der Waals surface area (Å²) in [6, 6.07) is 0. The predicted octanol–water partition coefficient (Wildman–Crippen LogP) is 3.10. The Bertz CT molecular complexity index is 231. The van der Waals surface area contributed by atoms with E-state index in [-0.39, 0.29) is 11.8 Å². The summed E-state index contributed by atoms with van der Waals surface area (Å²) in [6.07, 6.45) is 9.06. The van der Waals surface area contributed by atoms with Crippen molar-refractivity contribution in [1.82, 2.24) is 0 Å². The van der Waals surface area contributed by atoms with Crippen LogP contribution in [0.2, 0.25) is 0 Å². The van der Waals surface area contributed by atoms with Gasteiger partial charge in [0, 0.05) is 22.3 Å². The third kappa shape index (κ3) is 2.83. The number of rotatable bonds is 5. The van der Waals surface area contributed by atoms with Gasteiger partial charge in [-0.2, -0.15) is 0 Å². The lowest BCUT2D eigenvalue weighted by molar-refractivity contribution is -0.111. The first-order valence-corrected chi connectivity index (χ1v) is 8.35. The summed E-state index contributed by atoms with van der Waals surface area (Å²) in [5, 5.41) is 0.991. The highest BCUT2D eigenvalue weighted by Crippen LogP contribution is 2.46. The molecule has 4 atom stereocenters. The first-order chi connectivity index (χ1) is 7.85. The molecule has 2 nitrogen and oxygen atoms in total.